The molecule has 3 rings (SSSR count). The van der Waals surface area contributed by atoms with Gasteiger partial charge in [-0.25, -0.2) is 0 Å². The minimum atomic E-state index is 0. The van der Waals surface area contributed by atoms with Crippen LogP contribution in [0.1, 0.15) is 43.6 Å². The van der Waals surface area contributed by atoms with Crippen molar-refractivity contribution in [1.29, 1.82) is 0 Å². The zero-order valence-electron chi connectivity index (χ0n) is 12.9. The standard InChI is InChI=1S/C17H24N2OS.ClH/c18-10-8-13-5-3-4-11-19(13)17(20)15-9-12-21-16-7-2-1-6-14(15)16;/h1-2,6-7,13,15H,3-5,8-12,18H2;1H. The molecular weight excluding hydrogens is 316 g/mol. The Morgan fingerprint density at radius 2 is 2.09 bits per heavy atom. The lowest BCUT2D eigenvalue weighted by Crippen LogP contribution is -2.47. The molecule has 3 nitrogen and oxygen atoms in total. The highest BCUT2D eigenvalue weighted by atomic mass is 35.5. The predicted molar refractivity (Wildman–Crippen MR) is 94.8 cm³/mol. The third-order valence-corrected chi connectivity index (χ3v) is 5.79. The Kier molecular flexibility index (Phi) is 6.60. The summed E-state index contributed by atoms with van der Waals surface area (Å²) in [5, 5.41) is 0. The second-order valence-corrected chi connectivity index (χ2v) is 7.12. The van der Waals surface area contributed by atoms with E-state index in [1.165, 1.54) is 16.9 Å². The Labute approximate surface area is 143 Å². The third-order valence-electron chi connectivity index (χ3n) is 4.67. The van der Waals surface area contributed by atoms with E-state index in [9.17, 15) is 4.79 Å². The number of amides is 1. The van der Waals surface area contributed by atoms with Gasteiger partial charge in [0.05, 0.1) is 5.92 Å². The first-order valence-electron chi connectivity index (χ1n) is 8.03. The second-order valence-electron chi connectivity index (χ2n) is 5.99. The smallest absolute Gasteiger partial charge is 0.230 e. The molecule has 1 fully saturated rings. The van der Waals surface area contributed by atoms with Crippen LogP contribution in [0.2, 0.25) is 0 Å². The quantitative estimate of drug-likeness (QED) is 0.917. The molecule has 1 amide bonds. The summed E-state index contributed by atoms with van der Waals surface area (Å²) in [6.07, 6.45) is 5.38. The molecule has 1 saturated heterocycles. The highest BCUT2D eigenvalue weighted by Gasteiger charge is 2.34. The molecule has 122 valence electrons. The molecule has 2 unspecified atom stereocenters. The lowest BCUT2D eigenvalue weighted by molar-refractivity contribution is -0.136. The third kappa shape index (κ3) is 3.61. The van der Waals surface area contributed by atoms with Gasteiger partial charge in [-0.15, -0.1) is 24.2 Å². The van der Waals surface area contributed by atoms with Crippen LogP contribution in [0.4, 0.5) is 0 Å². The summed E-state index contributed by atoms with van der Waals surface area (Å²) in [5.41, 5.74) is 6.97. The number of likely N-dealkylation sites (tertiary alicyclic amines) is 1. The number of halogens is 1. The van der Waals surface area contributed by atoms with E-state index in [1.807, 2.05) is 11.8 Å². The summed E-state index contributed by atoms with van der Waals surface area (Å²) >= 11 is 1.88. The van der Waals surface area contributed by atoms with E-state index in [0.29, 0.717) is 18.5 Å². The van der Waals surface area contributed by atoms with E-state index >= 15 is 0 Å². The van der Waals surface area contributed by atoms with E-state index in [-0.39, 0.29) is 18.3 Å². The van der Waals surface area contributed by atoms with Crippen LogP contribution in [0.5, 0.6) is 0 Å². The van der Waals surface area contributed by atoms with Crippen LogP contribution < -0.4 is 5.73 Å². The lowest BCUT2D eigenvalue weighted by Gasteiger charge is -2.39. The fourth-order valence-electron chi connectivity index (χ4n) is 3.58. The van der Waals surface area contributed by atoms with Crippen LogP contribution in [0.25, 0.3) is 0 Å². The maximum atomic E-state index is 13.1. The van der Waals surface area contributed by atoms with Crippen LogP contribution in [0.3, 0.4) is 0 Å². The van der Waals surface area contributed by atoms with Crippen molar-refractivity contribution in [2.45, 2.75) is 49.0 Å². The number of hydrogen-bond acceptors (Lipinski definition) is 3. The van der Waals surface area contributed by atoms with E-state index in [1.54, 1.807) is 0 Å². The Morgan fingerprint density at radius 1 is 1.27 bits per heavy atom. The first-order valence-corrected chi connectivity index (χ1v) is 9.02. The molecule has 1 aromatic rings. The molecule has 0 aromatic heterocycles. The predicted octanol–water partition coefficient (Wildman–Crippen LogP) is 3.42. The van der Waals surface area contributed by atoms with Gasteiger partial charge in [0.2, 0.25) is 5.91 Å². The monoisotopic (exact) mass is 340 g/mol. The zero-order chi connectivity index (χ0) is 14.7. The summed E-state index contributed by atoms with van der Waals surface area (Å²) in [4.78, 5) is 16.5. The molecule has 0 aliphatic carbocycles. The van der Waals surface area contributed by atoms with Crippen LogP contribution in [0.15, 0.2) is 29.2 Å². The number of thioether (sulfide) groups is 1. The minimum Gasteiger partial charge on any atom is -0.339 e. The molecule has 1 aromatic carbocycles. The van der Waals surface area contributed by atoms with Gasteiger partial charge in [-0.1, -0.05) is 18.2 Å². The van der Waals surface area contributed by atoms with Crippen molar-refractivity contribution in [3.05, 3.63) is 29.8 Å². The number of carbonyl (C=O) groups excluding carboxylic acids is 1. The number of benzene rings is 1. The van der Waals surface area contributed by atoms with Crippen molar-refractivity contribution in [3.63, 3.8) is 0 Å². The molecule has 2 aliphatic rings. The minimum absolute atomic E-state index is 0. The molecular formula is C17H25ClN2OS. The van der Waals surface area contributed by atoms with Gasteiger partial charge >= 0.3 is 0 Å². The first kappa shape index (κ1) is 17.6. The normalized spacial score (nSPS) is 24.3. The molecule has 5 heteroatoms. The molecule has 2 N–H and O–H groups in total. The number of fused-ring (bicyclic) bond motifs is 1. The molecule has 22 heavy (non-hydrogen) atoms. The average Bonchev–Trinajstić information content (AvgIpc) is 2.54. The van der Waals surface area contributed by atoms with E-state index in [4.69, 9.17) is 5.73 Å². The van der Waals surface area contributed by atoms with E-state index in [0.717, 1.165) is 38.0 Å². The number of carbonyl (C=O) groups is 1. The van der Waals surface area contributed by atoms with Gasteiger partial charge in [0, 0.05) is 17.5 Å². The molecule has 2 heterocycles. The summed E-state index contributed by atoms with van der Waals surface area (Å²) in [7, 11) is 0. The van der Waals surface area contributed by atoms with Crippen molar-refractivity contribution >= 4 is 30.1 Å². The summed E-state index contributed by atoms with van der Waals surface area (Å²) < 4.78 is 0. The first-order chi connectivity index (χ1) is 10.3. The molecule has 2 aliphatic heterocycles. The average molecular weight is 341 g/mol. The van der Waals surface area contributed by atoms with Crippen molar-refractivity contribution < 1.29 is 4.79 Å². The Morgan fingerprint density at radius 3 is 2.91 bits per heavy atom. The second kappa shape index (κ2) is 8.23. The van der Waals surface area contributed by atoms with Crippen LogP contribution >= 0.6 is 24.2 Å². The van der Waals surface area contributed by atoms with Crippen LogP contribution in [-0.2, 0) is 4.79 Å². The van der Waals surface area contributed by atoms with Crippen molar-refractivity contribution in [2.75, 3.05) is 18.8 Å². The van der Waals surface area contributed by atoms with Crippen molar-refractivity contribution in [2.24, 2.45) is 5.73 Å². The molecule has 0 saturated carbocycles. The van der Waals surface area contributed by atoms with Gasteiger partial charge in [0.1, 0.15) is 0 Å². The highest BCUT2D eigenvalue weighted by molar-refractivity contribution is 7.99. The van der Waals surface area contributed by atoms with Gasteiger partial charge in [-0.2, -0.15) is 0 Å². The molecule has 2 atom stereocenters. The maximum Gasteiger partial charge on any atom is 0.230 e. The van der Waals surface area contributed by atoms with Gasteiger partial charge in [-0.3, -0.25) is 4.79 Å². The molecule has 0 bridgehead atoms. The Hall–Kier alpha value is -0.710. The van der Waals surface area contributed by atoms with E-state index < -0.39 is 0 Å². The van der Waals surface area contributed by atoms with E-state index in [2.05, 4.69) is 29.2 Å². The summed E-state index contributed by atoms with van der Waals surface area (Å²) in [6, 6.07) is 8.76. The lowest BCUT2D eigenvalue weighted by atomic mass is 9.91. The molecule has 0 spiro atoms. The Bertz CT molecular complexity index is 509. The number of rotatable bonds is 3. The molecule has 0 radical (unpaired) electrons. The number of piperidine rings is 1. The maximum absolute atomic E-state index is 13.1. The van der Waals surface area contributed by atoms with Crippen LogP contribution in [-0.4, -0.2) is 35.7 Å². The Balaban J connectivity index is 0.00000176. The van der Waals surface area contributed by atoms with Gasteiger partial charge in [-0.05, 0) is 56.0 Å². The van der Waals surface area contributed by atoms with Crippen LogP contribution in [0, 0.1) is 0 Å². The van der Waals surface area contributed by atoms with Gasteiger partial charge in [0.15, 0.2) is 0 Å². The number of nitrogens with zero attached hydrogens (tertiary/aromatic N) is 1. The number of nitrogens with two attached hydrogens (primary N) is 1. The SMILES string of the molecule is Cl.NCCC1CCCCN1C(=O)C1CCSc2ccccc21. The fraction of sp³-hybridized carbons (Fsp3) is 0.588. The van der Waals surface area contributed by atoms with Gasteiger partial charge < -0.3 is 10.6 Å². The fourth-order valence-corrected chi connectivity index (χ4v) is 4.71. The highest BCUT2D eigenvalue weighted by Crippen LogP contribution is 2.39. The van der Waals surface area contributed by atoms with Crippen molar-refractivity contribution in [3.8, 4) is 0 Å². The number of hydrogen-bond donors (Lipinski definition) is 1. The topological polar surface area (TPSA) is 46.3 Å². The van der Waals surface area contributed by atoms with Crippen molar-refractivity contribution in [1.82, 2.24) is 4.90 Å². The zero-order valence-corrected chi connectivity index (χ0v) is 14.5. The summed E-state index contributed by atoms with van der Waals surface area (Å²) in [6.45, 7) is 1.58. The largest absolute Gasteiger partial charge is 0.339 e. The summed E-state index contributed by atoms with van der Waals surface area (Å²) in [5.74, 6) is 1.43. The van der Waals surface area contributed by atoms with Gasteiger partial charge in [0.25, 0.3) is 0 Å².